The molecule has 96 valence electrons. The van der Waals surface area contributed by atoms with Gasteiger partial charge < -0.3 is 15.2 Å². The Balaban J connectivity index is 2.08. The van der Waals surface area contributed by atoms with E-state index < -0.39 is 0 Å². The standard InChI is InChI=1S/C13H27NO2/c1-3-11-5-4-6-12(9-11)14-8-7-13(15)10-16-2/h11-15H,3-10H2,1-2H3. The summed E-state index contributed by atoms with van der Waals surface area (Å²) in [7, 11) is 1.63. The number of aliphatic hydroxyl groups excluding tert-OH is 1. The van der Waals surface area contributed by atoms with Crippen LogP contribution < -0.4 is 5.32 Å². The Labute approximate surface area is 99.6 Å². The van der Waals surface area contributed by atoms with Crippen LogP contribution >= 0.6 is 0 Å². The molecule has 2 N–H and O–H groups in total. The molecule has 1 rings (SSSR count). The molecule has 1 fully saturated rings. The fourth-order valence-electron chi connectivity index (χ4n) is 2.58. The predicted octanol–water partition coefficient (Wildman–Crippen LogP) is 1.94. The molecule has 0 aromatic rings. The zero-order chi connectivity index (χ0) is 11.8. The van der Waals surface area contributed by atoms with Gasteiger partial charge >= 0.3 is 0 Å². The fraction of sp³-hybridized carbons (Fsp3) is 1.00. The van der Waals surface area contributed by atoms with Crippen LogP contribution in [0, 0.1) is 5.92 Å². The third-order valence-corrected chi connectivity index (χ3v) is 3.63. The number of hydrogen-bond donors (Lipinski definition) is 2. The van der Waals surface area contributed by atoms with Crippen molar-refractivity contribution in [2.24, 2.45) is 5.92 Å². The summed E-state index contributed by atoms with van der Waals surface area (Å²) in [4.78, 5) is 0. The highest BCUT2D eigenvalue weighted by atomic mass is 16.5. The van der Waals surface area contributed by atoms with Gasteiger partial charge in [-0.05, 0) is 31.7 Å². The van der Waals surface area contributed by atoms with Crippen molar-refractivity contribution in [3.63, 3.8) is 0 Å². The van der Waals surface area contributed by atoms with Gasteiger partial charge in [-0.2, -0.15) is 0 Å². The molecule has 0 saturated heterocycles. The summed E-state index contributed by atoms with van der Waals surface area (Å²) in [6, 6.07) is 0.674. The van der Waals surface area contributed by atoms with Gasteiger partial charge in [0.05, 0.1) is 12.7 Å². The van der Waals surface area contributed by atoms with Crippen molar-refractivity contribution in [2.75, 3.05) is 20.3 Å². The van der Waals surface area contributed by atoms with E-state index in [4.69, 9.17) is 4.74 Å². The monoisotopic (exact) mass is 229 g/mol. The minimum Gasteiger partial charge on any atom is -0.391 e. The molecule has 1 aliphatic carbocycles. The summed E-state index contributed by atoms with van der Waals surface area (Å²) >= 11 is 0. The second-order valence-electron chi connectivity index (χ2n) is 4.99. The van der Waals surface area contributed by atoms with Crippen molar-refractivity contribution >= 4 is 0 Å². The molecule has 0 amide bonds. The molecule has 16 heavy (non-hydrogen) atoms. The predicted molar refractivity (Wildman–Crippen MR) is 66.5 cm³/mol. The Morgan fingerprint density at radius 2 is 2.25 bits per heavy atom. The molecule has 3 nitrogen and oxygen atoms in total. The lowest BCUT2D eigenvalue weighted by Gasteiger charge is -2.29. The van der Waals surface area contributed by atoms with Gasteiger partial charge in [-0.1, -0.05) is 26.2 Å². The van der Waals surface area contributed by atoms with Crippen LogP contribution in [0.3, 0.4) is 0 Å². The Morgan fingerprint density at radius 3 is 2.94 bits per heavy atom. The number of ether oxygens (including phenoxy) is 1. The molecule has 3 unspecified atom stereocenters. The van der Waals surface area contributed by atoms with Gasteiger partial charge in [-0.25, -0.2) is 0 Å². The molecule has 0 bridgehead atoms. The minimum absolute atomic E-state index is 0.317. The smallest absolute Gasteiger partial charge is 0.0785 e. The van der Waals surface area contributed by atoms with Crippen LogP contribution in [-0.2, 0) is 4.74 Å². The quantitative estimate of drug-likeness (QED) is 0.701. The summed E-state index contributed by atoms with van der Waals surface area (Å²) in [6.07, 6.45) is 7.17. The molecular formula is C13H27NO2. The van der Waals surface area contributed by atoms with Gasteiger partial charge in [0.15, 0.2) is 0 Å². The summed E-state index contributed by atoms with van der Waals surface area (Å²) in [5.74, 6) is 0.912. The average molecular weight is 229 g/mol. The van der Waals surface area contributed by atoms with Crippen LogP contribution in [0.15, 0.2) is 0 Å². The number of hydrogen-bond acceptors (Lipinski definition) is 3. The highest BCUT2D eigenvalue weighted by Crippen LogP contribution is 2.26. The van der Waals surface area contributed by atoms with E-state index in [0.29, 0.717) is 12.6 Å². The number of aliphatic hydroxyl groups is 1. The van der Waals surface area contributed by atoms with Gasteiger partial charge in [-0.15, -0.1) is 0 Å². The van der Waals surface area contributed by atoms with Crippen LogP contribution in [0.25, 0.3) is 0 Å². The summed E-state index contributed by atoms with van der Waals surface area (Å²) in [5.41, 5.74) is 0. The molecule has 0 radical (unpaired) electrons. The maximum atomic E-state index is 9.51. The summed E-state index contributed by atoms with van der Waals surface area (Å²) in [6.45, 7) is 3.64. The number of methoxy groups -OCH3 is 1. The van der Waals surface area contributed by atoms with Crippen molar-refractivity contribution < 1.29 is 9.84 Å². The van der Waals surface area contributed by atoms with E-state index >= 15 is 0 Å². The second kappa shape index (κ2) is 8.04. The van der Waals surface area contributed by atoms with Gasteiger partial charge in [-0.3, -0.25) is 0 Å². The van der Waals surface area contributed by atoms with Crippen molar-refractivity contribution in [3.05, 3.63) is 0 Å². The van der Waals surface area contributed by atoms with Gasteiger partial charge in [0.1, 0.15) is 0 Å². The molecular weight excluding hydrogens is 202 g/mol. The third-order valence-electron chi connectivity index (χ3n) is 3.63. The highest BCUT2D eigenvalue weighted by molar-refractivity contribution is 4.77. The Morgan fingerprint density at radius 1 is 1.44 bits per heavy atom. The number of nitrogens with one attached hydrogen (secondary N) is 1. The lowest BCUT2D eigenvalue weighted by atomic mass is 9.84. The molecule has 1 aliphatic rings. The van der Waals surface area contributed by atoms with Gasteiger partial charge in [0.2, 0.25) is 0 Å². The molecule has 0 heterocycles. The highest BCUT2D eigenvalue weighted by Gasteiger charge is 2.20. The molecule has 1 saturated carbocycles. The Bertz CT molecular complexity index is 175. The molecule has 0 aromatic heterocycles. The van der Waals surface area contributed by atoms with E-state index in [1.165, 1.54) is 32.1 Å². The molecule has 0 aromatic carbocycles. The van der Waals surface area contributed by atoms with Crippen LogP contribution in [-0.4, -0.2) is 37.5 Å². The Kier molecular flexibility index (Phi) is 7.01. The van der Waals surface area contributed by atoms with E-state index in [1.54, 1.807) is 7.11 Å². The summed E-state index contributed by atoms with van der Waals surface area (Å²) < 4.78 is 4.90. The Hall–Kier alpha value is -0.120. The lowest BCUT2D eigenvalue weighted by Crippen LogP contribution is -2.36. The van der Waals surface area contributed by atoms with Crippen LogP contribution in [0.1, 0.15) is 45.4 Å². The van der Waals surface area contributed by atoms with Crippen molar-refractivity contribution in [2.45, 2.75) is 57.6 Å². The molecule has 0 aliphatic heterocycles. The first-order valence-corrected chi connectivity index (χ1v) is 6.66. The van der Waals surface area contributed by atoms with Gasteiger partial charge in [0, 0.05) is 13.2 Å². The second-order valence-corrected chi connectivity index (χ2v) is 4.99. The molecule has 3 atom stereocenters. The minimum atomic E-state index is -0.317. The maximum absolute atomic E-state index is 9.51. The molecule has 3 heteroatoms. The largest absolute Gasteiger partial charge is 0.391 e. The van der Waals surface area contributed by atoms with E-state index in [1.807, 2.05) is 0 Å². The van der Waals surface area contributed by atoms with E-state index in [0.717, 1.165) is 18.9 Å². The van der Waals surface area contributed by atoms with E-state index in [-0.39, 0.29) is 6.10 Å². The van der Waals surface area contributed by atoms with E-state index in [9.17, 15) is 5.11 Å². The average Bonchev–Trinajstić information content (AvgIpc) is 2.30. The topological polar surface area (TPSA) is 41.5 Å². The van der Waals surface area contributed by atoms with Crippen LogP contribution in [0.5, 0.6) is 0 Å². The zero-order valence-corrected chi connectivity index (χ0v) is 10.7. The van der Waals surface area contributed by atoms with Crippen LogP contribution in [0.4, 0.5) is 0 Å². The lowest BCUT2D eigenvalue weighted by molar-refractivity contribution is 0.0585. The van der Waals surface area contributed by atoms with Crippen molar-refractivity contribution in [1.29, 1.82) is 0 Å². The molecule has 0 spiro atoms. The van der Waals surface area contributed by atoms with E-state index in [2.05, 4.69) is 12.2 Å². The van der Waals surface area contributed by atoms with Crippen LogP contribution in [0.2, 0.25) is 0 Å². The first-order valence-electron chi connectivity index (χ1n) is 6.66. The van der Waals surface area contributed by atoms with Crippen molar-refractivity contribution in [3.8, 4) is 0 Å². The maximum Gasteiger partial charge on any atom is 0.0785 e. The summed E-state index contributed by atoms with van der Waals surface area (Å²) in [5, 5.41) is 13.1. The SMILES string of the molecule is CCC1CCCC(NCCC(O)COC)C1. The van der Waals surface area contributed by atoms with Crippen molar-refractivity contribution in [1.82, 2.24) is 5.32 Å². The zero-order valence-electron chi connectivity index (χ0n) is 10.7. The fourth-order valence-corrected chi connectivity index (χ4v) is 2.58. The number of rotatable bonds is 7. The normalized spacial score (nSPS) is 27.9. The first-order chi connectivity index (χ1) is 7.76. The third kappa shape index (κ3) is 5.28. The first kappa shape index (κ1) is 13.9. The van der Waals surface area contributed by atoms with Gasteiger partial charge in [0.25, 0.3) is 0 Å².